The average molecular weight is 1900 g/mol. The van der Waals surface area contributed by atoms with Gasteiger partial charge in [0.25, 0.3) is 0 Å². The molecule has 9 N–H and O–H groups in total. The van der Waals surface area contributed by atoms with Gasteiger partial charge >= 0.3 is 11.9 Å². The second-order valence-corrected chi connectivity index (χ2v) is 34.7. The Bertz CT molecular complexity index is 5260. The lowest BCUT2D eigenvalue weighted by atomic mass is 9.88. The molecule has 9 aromatic carbocycles. The van der Waals surface area contributed by atoms with E-state index < -0.39 is 35.1 Å². The number of aromatic carboxylic acids is 1. The van der Waals surface area contributed by atoms with Crippen molar-refractivity contribution in [2.45, 2.75) is 183 Å². The normalized spacial score (nSPS) is 16.2. The largest absolute Gasteiger partial charge is 0.508 e. The van der Waals surface area contributed by atoms with Crippen molar-refractivity contribution >= 4 is 102 Å². The number of halogens is 3. The minimum absolute atomic E-state index is 0.0186. The maximum Gasteiger partial charge on any atom is 0.339 e. The molecule has 0 aliphatic carbocycles. The van der Waals surface area contributed by atoms with Gasteiger partial charge in [-0.2, -0.15) is 0 Å². The smallest absolute Gasteiger partial charge is 0.339 e. The van der Waals surface area contributed by atoms with Gasteiger partial charge in [0.2, 0.25) is 35.0 Å². The summed E-state index contributed by atoms with van der Waals surface area (Å²) in [5.74, 6) is -0.0977. The van der Waals surface area contributed by atoms with E-state index in [0.29, 0.717) is 60.4 Å². The van der Waals surface area contributed by atoms with Crippen LogP contribution in [0.3, 0.4) is 0 Å². The van der Waals surface area contributed by atoms with Gasteiger partial charge in [-0.15, -0.1) is 0 Å². The lowest BCUT2D eigenvalue weighted by Crippen LogP contribution is -2.36. The minimum Gasteiger partial charge on any atom is -0.508 e. The van der Waals surface area contributed by atoms with Crippen molar-refractivity contribution in [2.75, 3.05) is 26.2 Å². The van der Waals surface area contributed by atoms with Crippen LogP contribution in [0, 0.1) is 0 Å². The van der Waals surface area contributed by atoms with E-state index in [-0.39, 0.29) is 53.6 Å². The molecule has 23 nitrogen and oxygen atoms in total. The maximum atomic E-state index is 12.7. The Balaban J connectivity index is 0.000000171. The summed E-state index contributed by atoms with van der Waals surface area (Å²) >= 11 is 9.68. The van der Waals surface area contributed by atoms with Gasteiger partial charge in [-0.25, -0.2) is 9.59 Å². The molecular formula is C99H110Br3N3O20. The van der Waals surface area contributed by atoms with Gasteiger partial charge in [-0.3, -0.25) is 14.4 Å². The van der Waals surface area contributed by atoms with E-state index in [0.717, 1.165) is 146 Å². The zero-order valence-corrected chi connectivity index (χ0v) is 76.6. The first kappa shape index (κ1) is 98.0. The summed E-state index contributed by atoms with van der Waals surface area (Å²) < 4.78 is 47.6. The fourth-order valence-corrected chi connectivity index (χ4v) is 14.6. The first-order chi connectivity index (χ1) is 59.4. The first-order valence-electron chi connectivity index (χ1n) is 41.0. The molecule has 125 heavy (non-hydrogen) atoms. The Kier molecular flexibility index (Phi) is 36.0. The van der Waals surface area contributed by atoms with Crippen LogP contribution in [0.1, 0.15) is 195 Å². The van der Waals surface area contributed by atoms with Gasteiger partial charge in [-0.1, -0.05) is 170 Å². The number of allylic oxidation sites excluding steroid dienone is 1. The number of ether oxygens (including phenoxy) is 8. The van der Waals surface area contributed by atoms with E-state index in [4.69, 9.17) is 74.3 Å². The number of nitrogens with zero attached hydrogens (tertiary/aromatic N) is 2. The van der Waals surface area contributed by atoms with Crippen LogP contribution in [0.5, 0.6) is 40.2 Å². The number of likely N-dealkylation sites (tertiary alicyclic amines) is 2. The molecule has 6 aliphatic heterocycles. The number of aromatic hydroxyl groups is 3. The number of amides is 2. The predicted octanol–water partition coefficient (Wildman–Crippen LogP) is 20.0. The lowest BCUT2D eigenvalue weighted by Gasteiger charge is -2.32. The number of carboxylic acid groups (broad SMARTS) is 2. The van der Waals surface area contributed by atoms with Crippen molar-refractivity contribution < 1.29 is 97.6 Å². The van der Waals surface area contributed by atoms with Gasteiger partial charge in [0.15, 0.2) is 5.78 Å². The summed E-state index contributed by atoms with van der Waals surface area (Å²) in [5, 5.41) is 62.7. The predicted molar refractivity (Wildman–Crippen MR) is 492 cm³/mol. The van der Waals surface area contributed by atoms with Crippen molar-refractivity contribution in [1.82, 2.24) is 9.80 Å². The number of aliphatic carboxylic acids is 1. The number of phenols is 3. The highest BCUT2D eigenvalue weighted by Crippen LogP contribution is 2.39. The third kappa shape index (κ3) is 31.1. The number of carbonyl (C=O) groups is 5. The van der Waals surface area contributed by atoms with Crippen LogP contribution in [0.2, 0.25) is 0 Å². The molecule has 2 amide bonds. The second-order valence-electron chi connectivity index (χ2n) is 32.0. The third-order valence-electron chi connectivity index (χ3n) is 20.6. The number of aryl methyl sites for hydroxylation is 1. The molecule has 6 aliphatic rings. The number of fused-ring (bicyclic) bond motifs is 4. The Labute approximate surface area is 755 Å². The molecule has 0 radical (unpaired) electrons. The van der Waals surface area contributed by atoms with Crippen LogP contribution in [0.25, 0.3) is 24.3 Å². The van der Waals surface area contributed by atoms with Gasteiger partial charge < -0.3 is 89.2 Å². The molecule has 26 heteroatoms. The highest BCUT2D eigenvalue weighted by atomic mass is 79.9. The molecule has 0 spiro atoms. The van der Waals surface area contributed by atoms with E-state index in [2.05, 4.69) is 97.2 Å². The summed E-state index contributed by atoms with van der Waals surface area (Å²) in [7, 11) is 0. The number of aliphatic hydroxyl groups is 2. The Morgan fingerprint density at radius 2 is 0.768 bits per heavy atom. The van der Waals surface area contributed by atoms with Crippen LogP contribution >= 0.6 is 47.8 Å². The van der Waals surface area contributed by atoms with Crippen molar-refractivity contribution in [1.29, 1.82) is 0 Å². The maximum absolute atomic E-state index is 12.7. The van der Waals surface area contributed by atoms with E-state index >= 15 is 0 Å². The number of benzene rings is 9. The van der Waals surface area contributed by atoms with E-state index in [1.807, 2.05) is 150 Å². The number of hydrogen-bond acceptors (Lipinski definition) is 19. The molecular weight excluding hydrogens is 1790 g/mol. The van der Waals surface area contributed by atoms with Crippen LogP contribution in [0.15, 0.2) is 214 Å². The average Bonchev–Trinajstić information content (AvgIpc) is 0.814. The summed E-state index contributed by atoms with van der Waals surface area (Å²) in [6.45, 7) is 24.3. The molecule has 0 atom stereocenters. The highest BCUT2D eigenvalue weighted by Gasteiger charge is 2.32. The number of rotatable bonds is 15. The third-order valence-corrected chi connectivity index (χ3v) is 22.1. The second kappa shape index (κ2) is 45.9. The summed E-state index contributed by atoms with van der Waals surface area (Å²) in [4.78, 5) is 60.6. The van der Waals surface area contributed by atoms with Crippen LogP contribution in [-0.4, -0.2) is 124 Å². The molecule has 9 aromatic rings. The van der Waals surface area contributed by atoms with Crippen molar-refractivity contribution in [3.63, 3.8) is 0 Å². The number of aliphatic hydroxyl groups excluding tert-OH is 2. The molecule has 6 heterocycles. The molecule has 2 fully saturated rings. The SMILES string of the molecule is CC(=O)/C=C/c1ccc2c(c1)OC(C)(C)OC2.CC1(C)OCc2ccc(/C=C/C(=O)O)cc2O1.CC1(C)OCc2ccc(Br)cc2O1.CCc1cccc(C2CCN(C(=O)/C=C/c3ccc4c(c3)OC(C)(C)OC4)CC2)c1.NCc1cccc(C2CCN(C(=O)/C=C/c3ccc(CO)c(O)c3)CC2)c1.O=C(O)c1ccc(Br)cc1O.OCc1ccc(Br)cc1O. The molecule has 662 valence electrons. The zero-order valence-electron chi connectivity index (χ0n) is 71.9. The Morgan fingerprint density at radius 3 is 1.15 bits per heavy atom. The number of nitrogens with two attached hydrogens (primary N) is 1. The highest BCUT2D eigenvalue weighted by molar-refractivity contribution is 9.11. The van der Waals surface area contributed by atoms with Crippen LogP contribution in [-0.2, 0) is 90.7 Å². The lowest BCUT2D eigenvalue weighted by molar-refractivity contribution is -0.180. The number of carboxylic acids is 2. The molecule has 0 bridgehead atoms. The molecule has 0 unspecified atom stereocenters. The Hall–Kier alpha value is -10.8. The summed E-state index contributed by atoms with van der Waals surface area (Å²) in [6, 6.07) is 54.8. The van der Waals surface area contributed by atoms with Crippen LogP contribution < -0.4 is 24.7 Å². The topological polar surface area (TPSA) is 333 Å². The fraction of sp³-hybridized carbons (Fsp3) is 0.323. The molecule has 2 saturated heterocycles. The van der Waals surface area contributed by atoms with E-state index in [9.17, 15) is 29.1 Å². The first-order valence-corrected chi connectivity index (χ1v) is 43.4. The van der Waals surface area contributed by atoms with E-state index in [1.54, 1.807) is 72.8 Å². The monoisotopic (exact) mass is 1900 g/mol. The van der Waals surface area contributed by atoms with Gasteiger partial charge in [0.05, 0.1) is 39.6 Å². The quantitative estimate of drug-likeness (QED) is 0.0442. The summed E-state index contributed by atoms with van der Waals surface area (Å²) in [6.07, 6.45) is 17.8. The summed E-state index contributed by atoms with van der Waals surface area (Å²) in [5.41, 5.74) is 19.5. The number of carbonyl (C=O) groups excluding carboxylic acids is 3. The van der Waals surface area contributed by atoms with Crippen molar-refractivity contribution in [2.24, 2.45) is 5.73 Å². The fourth-order valence-electron chi connectivity index (χ4n) is 13.6. The standard InChI is InChI=1S/C26H31NO3.C22H26N2O3.C14H16O3.C13H14O4.C10H11BrO2.C7H5BrO3.C7H7BrO2/c1-4-19-6-5-7-22(16-19)21-12-14-27(15-13-21)25(28)11-9-20-8-10-23-18-29-26(2,3)30-24(23)17-20;23-14-17-2-1-3-19(12-17)18-8-10-24(11-9-18)22(27)7-5-16-4-6-20(15-25)21(26)13-16;1-10(15)4-5-11-6-7-12-9-16-14(2,3)17-13(12)8-11;1-13(2)16-8-10-5-3-9(4-6-12(14)15)7-11(10)17-13;1-10(2)12-6-7-3-4-8(11)5-9(7)13-10;8-4-1-2-5(7(10)11)6(9)3-4;8-6-2-1-5(4-9)7(10)3-6/h5-11,16-17,21H,4,12-15,18H2,1-3H3;1-7,12-13,18,25-26H,8-11,14-15,23H2;4-8H,9H2,1-3H3;3-7H,8H2,1-2H3,(H,14,15);3-5H,6H2,1-2H3;1-3,9H,(H,10,11);1-3,9-10H,4H2/b11-9+;7-5+;5-4+;6-4+;;;. The molecule has 15 rings (SSSR count). The van der Waals surface area contributed by atoms with Crippen molar-refractivity contribution in [3.8, 4) is 40.2 Å². The van der Waals surface area contributed by atoms with Gasteiger partial charge in [0, 0.05) is 153 Å². The molecule has 0 saturated carbocycles. The van der Waals surface area contributed by atoms with Crippen LogP contribution in [0.4, 0.5) is 0 Å². The van der Waals surface area contributed by atoms with E-state index in [1.165, 1.54) is 41.8 Å². The minimum atomic E-state index is -1.13. The van der Waals surface area contributed by atoms with Crippen molar-refractivity contribution in [3.05, 3.63) is 297 Å². The number of ketones is 1. The van der Waals surface area contributed by atoms with Gasteiger partial charge in [0.1, 0.15) is 45.8 Å². The Morgan fingerprint density at radius 1 is 0.424 bits per heavy atom. The van der Waals surface area contributed by atoms with Gasteiger partial charge in [-0.05, 0) is 186 Å². The molecule has 0 aromatic heterocycles. The number of piperidine rings is 2. The number of hydrogen-bond donors (Lipinski definition) is 8. The zero-order chi connectivity index (χ0) is 90.8.